The van der Waals surface area contributed by atoms with Crippen molar-refractivity contribution in [3.63, 3.8) is 0 Å². The summed E-state index contributed by atoms with van der Waals surface area (Å²) in [5.41, 5.74) is 12.3. The van der Waals surface area contributed by atoms with Crippen LogP contribution in [0.3, 0.4) is 0 Å². The molecule has 0 N–H and O–H groups in total. The molecule has 1 atom stereocenters. The van der Waals surface area contributed by atoms with Gasteiger partial charge in [-0.15, -0.1) is 0 Å². The fourth-order valence-corrected chi connectivity index (χ4v) is 3.87. The zero-order chi connectivity index (χ0) is 14.7. The Morgan fingerprint density at radius 1 is 0.737 bits per heavy atom. The largest absolute Gasteiger partial charge is 0.0661 e. The maximum absolute atomic E-state index is 2.41. The normalized spacial score (nSPS) is 21.6. The summed E-state index contributed by atoms with van der Waals surface area (Å²) in [4.78, 5) is 0. The third-order valence-electron chi connectivity index (χ3n) is 6.03. The van der Waals surface area contributed by atoms with E-state index in [4.69, 9.17) is 0 Å². The highest BCUT2D eigenvalue weighted by Gasteiger charge is 2.38. The first-order valence-electron chi connectivity index (χ1n) is 7.40. The maximum Gasteiger partial charge on any atom is -0.00319 e. The molecule has 0 heterocycles. The van der Waals surface area contributed by atoms with Gasteiger partial charge in [0.25, 0.3) is 0 Å². The number of rotatable bonds is 0. The summed E-state index contributed by atoms with van der Waals surface area (Å²) < 4.78 is 0. The molecule has 1 unspecified atom stereocenters. The lowest BCUT2D eigenvalue weighted by molar-refractivity contribution is 0.382. The molecule has 0 aliphatic heterocycles. The molecule has 1 aromatic rings. The van der Waals surface area contributed by atoms with Crippen LogP contribution in [0.1, 0.15) is 68.0 Å². The summed E-state index contributed by atoms with van der Waals surface area (Å²) in [6.07, 6.45) is 0. The molecule has 0 saturated heterocycles. The van der Waals surface area contributed by atoms with Gasteiger partial charge >= 0.3 is 0 Å². The number of allylic oxidation sites excluding steroid dienone is 2. The van der Waals surface area contributed by atoms with Crippen molar-refractivity contribution >= 4 is 5.57 Å². The molecule has 0 amide bonds. The summed E-state index contributed by atoms with van der Waals surface area (Å²) in [6.45, 7) is 21.0. The Bertz CT molecular complexity index is 583. The van der Waals surface area contributed by atoms with Gasteiger partial charge in [0.05, 0.1) is 0 Å². The van der Waals surface area contributed by atoms with Crippen LogP contribution in [0.4, 0.5) is 0 Å². The average molecular weight is 256 g/mol. The molecule has 0 aromatic heterocycles. The van der Waals surface area contributed by atoms with Gasteiger partial charge in [0, 0.05) is 0 Å². The van der Waals surface area contributed by atoms with Crippen molar-refractivity contribution in [2.75, 3.05) is 0 Å². The molecule has 0 saturated carbocycles. The molecule has 0 bridgehead atoms. The van der Waals surface area contributed by atoms with E-state index >= 15 is 0 Å². The van der Waals surface area contributed by atoms with Gasteiger partial charge in [0.15, 0.2) is 0 Å². The molecule has 19 heavy (non-hydrogen) atoms. The highest BCUT2D eigenvalue weighted by molar-refractivity contribution is 5.78. The molecule has 0 fully saturated rings. The van der Waals surface area contributed by atoms with Crippen molar-refractivity contribution in [3.05, 3.63) is 39.0 Å². The van der Waals surface area contributed by atoms with E-state index in [2.05, 4.69) is 62.3 Å². The zero-order valence-electron chi connectivity index (χ0n) is 14.1. The van der Waals surface area contributed by atoms with Crippen LogP contribution in [0, 0.1) is 33.6 Å². The van der Waals surface area contributed by atoms with Gasteiger partial charge in [-0.2, -0.15) is 0 Å². The van der Waals surface area contributed by atoms with Gasteiger partial charge in [0.2, 0.25) is 0 Å². The highest BCUT2D eigenvalue weighted by Crippen LogP contribution is 2.49. The van der Waals surface area contributed by atoms with Gasteiger partial charge in [-0.1, -0.05) is 26.3 Å². The summed E-state index contributed by atoms with van der Waals surface area (Å²) in [5, 5.41) is 0. The monoisotopic (exact) mass is 256 g/mol. The first-order chi connectivity index (χ1) is 8.62. The second kappa shape index (κ2) is 4.23. The highest BCUT2D eigenvalue weighted by atomic mass is 14.4. The molecule has 0 spiro atoms. The van der Waals surface area contributed by atoms with Gasteiger partial charge in [-0.25, -0.2) is 0 Å². The number of fused-ring (bicyclic) bond motifs is 1. The van der Waals surface area contributed by atoms with Crippen molar-refractivity contribution in [1.29, 1.82) is 0 Å². The van der Waals surface area contributed by atoms with Crippen LogP contribution in [0.25, 0.3) is 5.57 Å². The minimum atomic E-state index is 0.228. The van der Waals surface area contributed by atoms with Gasteiger partial charge in [0.1, 0.15) is 0 Å². The first-order valence-corrected chi connectivity index (χ1v) is 7.40. The van der Waals surface area contributed by atoms with Gasteiger partial charge in [-0.3, -0.25) is 0 Å². The average Bonchev–Trinajstić information content (AvgIpc) is 2.35. The lowest BCUT2D eigenvalue weighted by Gasteiger charge is -2.43. The minimum Gasteiger partial charge on any atom is -0.0661 e. The predicted molar refractivity (Wildman–Crippen MR) is 85.8 cm³/mol. The van der Waals surface area contributed by atoms with Crippen molar-refractivity contribution in [3.8, 4) is 0 Å². The van der Waals surface area contributed by atoms with E-state index in [0.29, 0.717) is 5.92 Å². The van der Waals surface area contributed by atoms with Crippen molar-refractivity contribution < 1.29 is 0 Å². The van der Waals surface area contributed by atoms with E-state index in [0.717, 1.165) is 0 Å². The van der Waals surface area contributed by atoms with Gasteiger partial charge in [-0.05, 0) is 91.8 Å². The van der Waals surface area contributed by atoms with Gasteiger partial charge < -0.3 is 0 Å². The van der Waals surface area contributed by atoms with E-state index in [9.17, 15) is 0 Å². The minimum absolute atomic E-state index is 0.228. The van der Waals surface area contributed by atoms with E-state index in [-0.39, 0.29) is 5.41 Å². The quantitative estimate of drug-likeness (QED) is 0.563. The zero-order valence-corrected chi connectivity index (χ0v) is 14.1. The summed E-state index contributed by atoms with van der Waals surface area (Å²) >= 11 is 0. The Kier molecular flexibility index (Phi) is 3.20. The Balaban J connectivity index is 3.00. The molecule has 2 rings (SSSR count). The van der Waals surface area contributed by atoms with E-state index < -0.39 is 0 Å². The fourth-order valence-electron chi connectivity index (χ4n) is 3.87. The Labute approximate surface area is 118 Å². The molecule has 0 nitrogen and oxygen atoms in total. The molecule has 104 valence electrons. The molecule has 0 heteroatoms. The summed E-state index contributed by atoms with van der Waals surface area (Å²) in [7, 11) is 0. The number of hydrogen-bond donors (Lipinski definition) is 0. The standard InChI is InChI=1S/C19H28/c1-10-11(2)15(6)18-17(13(10)4)14(5)12(3)16(7)19(18,8)9/h16H,1-9H3. The second-order valence-corrected chi connectivity index (χ2v) is 7.00. The topological polar surface area (TPSA) is 0 Å². The van der Waals surface area contributed by atoms with Crippen LogP contribution >= 0.6 is 0 Å². The fraction of sp³-hybridized carbons (Fsp3) is 0.579. The Morgan fingerprint density at radius 3 is 1.74 bits per heavy atom. The summed E-state index contributed by atoms with van der Waals surface area (Å²) in [5.74, 6) is 0.611. The lowest BCUT2D eigenvalue weighted by atomic mass is 9.61. The van der Waals surface area contributed by atoms with Crippen LogP contribution in [0.15, 0.2) is 5.57 Å². The third kappa shape index (κ3) is 1.72. The van der Waals surface area contributed by atoms with Crippen LogP contribution < -0.4 is 0 Å². The molecular formula is C19H28. The van der Waals surface area contributed by atoms with E-state index in [1.807, 2.05) is 0 Å². The second-order valence-electron chi connectivity index (χ2n) is 7.00. The summed E-state index contributed by atoms with van der Waals surface area (Å²) in [6, 6.07) is 0. The van der Waals surface area contributed by atoms with E-state index in [1.54, 1.807) is 11.1 Å². The maximum atomic E-state index is 2.41. The van der Waals surface area contributed by atoms with Crippen molar-refractivity contribution in [2.45, 2.75) is 67.7 Å². The lowest BCUT2D eigenvalue weighted by Crippen LogP contribution is -2.34. The predicted octanol–water partition coefficient (Wildman–Crippen LogP) is 5.64. The molecule has 1 aromatic carbocycles. The molecule has 1 aliphatic rings. The van der Waals surface area contributed by atoms with E-state index in [1.165, 1.54) is 33.4 Å². The Morgan fingerprint density at radius 2 is 1.21 bits per heavy atom. The van der Waals surface area contributed by atoms with Crippen LogP contribution in [0.5, 0.6) is 0 Å². The van der Waals surface area contributed by atoms with Crippen molar-refractivity contribution in [1.82, 2.24) is 0 Å². The molecule has 1 aliphatic carbocycles. The van der Waals surface area contributed by atoms with Crippen molar-refractivity contribution in [2.24, 2.45) is 5.92 Å². The molecular weight excluding hydrogens is 228 g/mol. The van der Waals surface area contributed by atoms with Crippen LogP contribution in [-0.2, 0) is 5.41 Å². The van der Waals surface area contributed by atoms with Crippen LogP contribution in [-0.4, -0.2) is 0 Å². The van der Waals surface area contributed by atoms with Crippen LogP contribution in [0.2, 0.25) is 0 Å². The number of hydrogen-bond acceptors (Lipinski definition) is 0. The Hall–Kier alpha value is -1.04. The first kappa shape index (κ1) is 14.4. The smallest absolute Gasteiger partial charge is 0.00319 e. The molecule has 0 radical (unpaired) electrons. The third-order valence-corrected chi connectivity index (χ3v) is 6.03. The SMILES string of the molecule is CC1=C(C)C(C)C(C)(C)c2c(C)c(C)c(C)c(C)c21. The number of benzene rings is 1.